The lowest BCUT2D eigenvalue weighted by molar-refractivity contribution is -0.302. The Kier molecular flexibility index (Phi) is 57.1. The lowest BCUT2D eigenvalue weighted by Gasteiger charge is -2.40. The van der Waals surface area contributed by atoms with E-state index in [2.05, 4.69) is 129 Å². The Morgan fingerprint density at radius 1 is 0.427 bits per heavy atom. The number of allylic oxidation sites excluding steroid dienone is 18. The fourth-order valence-corrected chi connectivity index (χ4v) is 10.3. The summed E-state index contributed by atoms with van der Waals surface area (Å²) in [5, 5.41) is 54.9. The molecule has 9 nitrogen and oxygen atoms in total. The number of aliphatic hydroxyl groups is 5. The third-order valence-electron chi connectivity index (χ3n) is 15.6. The van der Waals surface area contributed by atoms with Crippen LogP contribution in [0.15, 0.2) is 109 Å². The number of hydrogen-bond acceptors (Lipinski definition) is 8. The Morgan fingerprint density at radius 2 is 0.744 bits per heavy atom. The molecule has 0 radical (unpaired) electrons. The molecule has 7 atom stereocenters. The number of aliphatic hydroxyl groups excluding tert-OH is 5. The van der Waals surface area contributed by atoms with Gasteiger partial charge in [-0.15, -0.1) is 0 Å². The fourth-order valence-electron chi connectivity index (χ4n) is 10.3. The largest absolute Gasteiger partial charge is 0.394 e. The highest BCUT2D eigenvalue weighted by atomic mass is 16.7. The van der Waals surface area contributed by atoms with E-state index in [-0.39, 0.29) is 18.9 Å². The first-order valence-electron chi connectivity index (χ1n) is 34.1. The average Bonchev–Trinajstić information content (AvgIpc) is 3.57. The van der Waals surface area contributed by atoms with Gasteiger partial charge < -0.3 is 40.3 Å². The number of carbonyl (C=O) groups excluding carboxylic acids is 1. The van der Waals surface area contributed by atoms with Gasteiger partial charge in [-0.25, -0.2) is 0 Å². The molecule has 6 N–H and O–H groups in total. The second kappa shape index (κ2) is 61.0. The molecule has 1 rings (SSSR count). The van der Waals surface area contributed by atoms with Crippen LogP contribution in [0.4, 0.5) is 0 Å². The Bertz CT molecular complexity index is 1660. The lowest BCUT2D eigenvalue weighted by Crippen LogP contribution is -2.60. The van der Waals surface area contributed by atoms with Gasteiger partial charge in [-0.2, -0.15) is 0 Å². The molecule has 1 heterocycles. The van der Waals surface area contributed by atoms with Crippen molar-refractivity contribution in [3.8, 4) is 0 Å². The minimum absolute atomic E-state index is 0.168. The van der Waals surface area contributed by atoms with Gasteiger partial charge in [0, 0.05) is 6.42 Å². The topological polar surface area (TPSA) is 149 Å². The molecule has 0 saturated carbocycles. The van der Waals surface area contributed by atoms with Crippen LogP contribution in [0.25, 0.3) is 0 Å². The summed E-state index contributed by atoms with van der Waals surface area (Å²) in [6.45, 7) is 3.72. The quantitative estimate of drug-likeness (QED) is 0.0261. The van der Waals surface area contributed by atoms with Crippen LogP contribution in [0.1, 0.15) is 290 Å². The summed E-state index contributed by atoms with van der Waals surface area (Å²) in [5.74, 6) is -0.203. The number of unbranched alkanes of at least 4 members (excludes halogenated alkanes) is 30. The highest BCUT2D eigenvalue weighted by molar-refractivity contribution is 5.76. The van der Waals surface area contributed by atoms with Crippen molar-refractivity contribution < 1.29 is 39.8 Å². The van der Waals surface area contributed by atoms with Crippen molar-refractivity contribution >= 4 is 5.91 Å². The van der Waals surface area contributed by atoms with E-state index in [9.17, 15) is 30.3 Å². The monoisotopic (exact) mass is 1150 g/mol. The van der Waals surface area contributed by atoms with Gasteiger partial charge in [-0.05, 0) is 77.0 Å². The van der Waals surface area contributed by atoms with Gasteiger partial charge in [0.05, 0.1) is 25.4 Å². The van der Waals surface area contributed by atoms with Crippen LogP contribution in [-0.2, 0) is 14.3 Å². The summed E-state index contributed by atoms with van der Waals surface area (Å²) in [7, 11) is 0. The van der Waals surface area contributed by atoms with Crippen molar-refractivity contribution in [3.05, 3.63) is 109 Å². The zero-order valence-corrected chi connectivity index (χ0v) is 52.7. The van der Waals surface area contributed by atoms with Gasteiger partial charge in [-0.3, -0.25) is 4.79 Å². The van der Waals surface area contributed by atoms with Crippen molar-refractivity contribution in [2.24, 2.45) is 0 Å². The molecule has 0 aromatic carbocycles. The molecule has 472 valence electrons. The number of nitrogens with one attached hydrogen (secondary N) is 1. The van der Waals surface area contributed by atoms with Crippen LogP contribution in [0.3, 0.4) is 0 Å². The van der Waals surface area contributed by atoms with Crippen LogP contribution in [0, 0.1) is 0 Å². The zero-order valence-electron chi connectivity index (χ0n) is 52.7. The third-order valence-corrected chi connectivity index (χ3v) is 15.6. The molecule has 1 fully saturated rings. The molecule has 0 aromatic rings. The second-order valence-electron chi connectivity index (χ2n) is 23.2. The van der Waals surface area contributed by atoms with Crippen LogP contribution in [-0.4, -0.2) is 87.5 Å². The molecule has 1 aliphatic heterocycles. The van der Waals surface area contributed by atoms with Gasteiger partial charge in [-0.1, -0.05) is 316 Å². The minimum atomic E-state index is -1.57. The fraction of sp³-hybridized carbons (Fsp3) is 0.740. The van der Waals surface area contributed by atoms with Gasteiger partial charge in [0.25, 0.3) is 0 Å². The number of carbonyl (C=O) groups is 1. The predicted molar refractivity (Wildman–Crippen MR) is 350 cm³/mol. The van der Waals surface area contributed by atoms with Gasteiger partial charge in [0.2, 0.25) is 5.91 Å². The Morgan fingerprint density at radius 3 is 1.07 bits per heavy atom. The highest BCUT2D eigenvalue weighted by Gasteiger charge is 2.44. The summed E-state index contributed by atoms with van der Waals surface area (Å²) in [6.07, 6.45) is 83.0. The van der Waals surface area contributed by atoms with E-state index in [1.807, 2.05) is 0 Å². The first kappa shape index (κ1) is 76.9. The summed E-state index contributed by atoms with van der Waals surface area (Å²) < 4.78 is 11.3. The Balaban J connectivity index is 2.20. The van der Waals surface area contributed by atoms with Crippen molar-refractivity contribution in [2.75, 3.05) is 13.2 Å². The van der Waals surface area contributed by atoms with Gasteiger partial charge in [0.15, 0.2) is 6.29 Å². The first-order chi connectivity index (χ1) is 40.3. The number of amides is 1. The summed E-state index contributed by atoms with van der Waals surface area (Å²) in [6, 6.07) is -0.760. The molecule has 1 aliphatic rings. The molecular formula is C73H127NO8. The summed E-state index contributed by atoms with van der Waals surface area (Å²) >= 11 is 0. The number of hydrogen-bond donors (Lipinski definition) is 6. The number of ether oxygens (including phenoxy) is 2. The summed E-state index contributed by atoms with van der Waals surface area (Å²) in [5.41, 5.74) is 0. The summed E-state index contributed by atoms with van der Waals surface area (Å²) in [4.78, 5) is 13.1. The average molecular weight is 1150 g/mol. The molecule has 1 saturated heterocycles. The maximum absolute atomic E-state index is 13.1. The van der Waals surface area contributed by atoms with Crippen LogP contribution in [0.2, 0.25) is 0 Å². The van der Waals surface area contributed by atoms with Crippen LogP contribution >= 0.6 is 0 Å². The molecule has 9 heteroatoms. The van der Waals surface area contributed by atoms with E-state index in [1.165, 1.54) is 173 Å². The maximum Gasteiger partial charge on any atom is 0.220 e. The maximum atomic E-state index is 13.1. The molecule has 1 amide bonds. The normalized spacial score (nSPS) is 19.0. The van der Waals surface area contributed by atoms with E-state index in [0.717, 1.165) is 83.5 Å². The van der Waals surface area contributed by atoms with Crippen LogP contribution < -0.4 is 5.32 Å². The molecule has 0 spiro atoms. The predicted octanol–water partition coefficient (Wildman–Crippen LogP) is 18.5. The minimum Gasteiger partial charge on any atom is -0.394 e. The molecule has 0 bridgehead atoms. The Hall–Kier alpha value is -3.15. The van der Waals surface area contributed by atoms with E-state index in [4.69, 9.17) is 9.47 Å². The smallest absolute Gasteiger partial charge is 0.220 e. The van der Waals surface area contributed by atoms with E-state index in [0.29, 0.717) is 12.8 Å². The zero-order chi connectivity index (χ0) is 59.3. The standard InChI is InChI=1S/C73H127NO8/c1-3-5-7-9-11-13-15-17-19-21-23-25-27-29-31-33-35-36-38-40-42-44-46-48-50-52-54-56-58-60-62-67(76)66(65-81-73-72(80)71(79)70(78)68(64-75)82-73)74-69(77)63-61-59-57-55-53-51-49-47-45-43-41-39-37-34-32-30-28-26-24-22-20-18-16-14-12-10-8-6-4-2/h6,8,12,14,18,20,24,26,30,32,37,39,43,45,49,51,55,57,66-68,70-73,75-76,78-80H,3-5,7,9-11,13,15-17,19,21-23,25,27-29,31,33-36,38,40-42,44,46-48,50,52-54,56,58-65H2,1-2H3,(H,74,77)/b8-6-,14-12-,20-18-,26-24-,32-30-,39-37-,45-43-,51-49-,57-55-. The van der Waals surface area contributed by atoms with E-state index >= 15 is 0 Å². The van der Waals surface area contributed by atoms with Crippen LogP contribution in [0.5, 0.6) is 0 Å². The van der Waals surface area contributed by atoms with Crippen molar-refractivity contribution in [2.45, 2.75) is 333 Å². The molecule has 0 aliphatic carbocycles. The highest BCUT2D eigenvalue weighted by Crippen LogP contribution is 2.23. The molecule has 0 aromatic heterocycles. The first-order valence-corrected chi connectivity index (χ1v) is 34.1. The number of rotatable bonds is 58. The van der Waals surface area contributed by atoms with Gasteiger partial charge >= 0.3 is 0 Å². The van der Waals surface area contributed by atoms with Crippen molar-refractivity contribution in [3.63, 3.8) is 0 Å². The molecular weight excluding hydrogens is 1020 g/mol. The SMILES string of the molecule is CC/C=C\C/C=C\C/C=C\C/C=C\C/C=C\C/C=C\C/C=C\C/C=C\C/C=C\CCCC(=O)NC(COC1OC(CO)C(O)C(O)C1O)C(O)CCCCCCCCCCCCCCCCCCCCCCCCCCCCCCCC. The lowest BCUT2D eigenvalue weighted by atomic mass is 9.99. The molecule has 82 heavy (non-hydrogen) atoms. The van der Waals surface area contributed by atoms with Gasteiger partial charge in [0.1, 0.15) is 24.4 Å². The van der Waals surface area contributed by atoms with E-state index in [1.54, 1.807) is 0 Å². The Labute approximate surface area is 504 Å². The second-order valence-corrected chi connectivity index (χ2v) is 23.2. The van der Waals surface area contributed by atoms with Crippen molar-refractivity contribution in [1.82, 2.24) is 5.32 Å². The van der Waals surface area contributed by atoms with E-state index < -0.39 is 49.5 Å². The van der Waals surface area contributed by atoms with Crippen molar-refractivity contribution in [1.29, 1.82) is 0 Å². The third kappa shape index (κ3) is 49.1. The molecule has 7 unspecified atom stereocenters.